The highest BCUT2D eigenvalue weighted by atomic mass is 32.1. The molecule has 0 aliphatic rings. The smallest absolute Gasteiger partial charge is 0.416 e. The van der Waals surface area contributed by atoms with Gasteiger partial charge in [-0.25, -0.2) is 0 Å². The highest BCUT2D eigenvalue weighted by Crippen LogP contribution is 2.35. The molecule has 6 heteroatoms. The van der Waals surface area contributed by atoms with Crippen molar-refractivity contribution in [3.63, 3.8) is 0 Å². The van der Waals surface area contributed by atoms with Gasteiger partial charge in [-0.1, -0.05) is 12.1 Å². The standard InChI is InChI=1S/C15H10F3NOS/c1-20-11-6-7-13-12(8-11)14(19-21-13)9-2-4-10(5-3-9)15(16,17)18/h2-8H,1H3. The maximum Gasteiger partial charge on any atom is 0.416 e. The number of benzene rings is 2. The third kappa shape index (κ3) is 2.58. The summed E-state index contributed by atoms with van der Waals surface area (Å²) in [5.74, 6) is 0.691. The van der Waals surface area contributed by atoms with Crippen LogP contribution in [0.1, 0.15) is 5.56 Å². The molecule has 0 aliphatic heterocycles. The lowest BCUT2D eigenvalue weighted by Gasteiger charge is -2.07. The van der Waals surface area contributed by atoms with Gasteiger partial charge in [0.15, 0.2) is 0 Å². The van der Waals surface area contributed by atoms with E-state index in [2.05, 4.69) is 4.37 Å². The van der Waals surface area contributed by atoms with E-state index in [1.807, 2.05) is 18.2 Å². The summed E-state index contributed by atoms with van der Waals surface area (Å²) in [6.07, 6.45) is -4.33. The zero-order valence-corrected chi connectivity index (χ0v) is 11.8. The lowest BCUT2D eigenvalue weighted by atomic mass is 10.1. The molecule has 0 spiro atoms. The van der Waals surface area contributed by atoms with E-state index >= 15 is 0 Å². The average molecular weight is 309 g/mol. The fourth-order valence-electron chi connectivity index (χ4n) is 2.07. The van der Waals surface area contributed by atoms with Crippen LogP contribution in [0, 0.1) is 0 Å². The third-order valence-electron chi connectivity index (χ3n) is 3.16. The summed E-state index contributed by atoms with van der Waals surface area (Å²) < 4.78 is 48.2. The molecule has 0 amide bonds. The molecule has 0 aliphatic carbocycles. The third-order valence-corrected chi connectivity index (χ3v) is 3.99. The Morgan fingerprint density at radius 1 is 1.05 bits per heavy atom. The van der Waals surface area contributed by atoms with Gasteiger partial charge in [0, 0.05) is 10.9 Å². The molecule has 0 radical (unpaired) electrons. The van der Waals surface area contributed by atoms with Crippen LogP contribution in [-0.4, -0.2) is 11.5 Å². The number of halogens is 3. The molecule has 3 rings (SSSR count). The van der Waals surface area contributed by atoms with Crippen molar-refractivity contribution in [1.82, 2.24) is 4.37 Å². The minimum atomic E-state index is -4.33. The molecule has 2 aromatic carbocycles. The van der Waals surface area contributed by atoms with Gasteiger partial charge >= 0.3 is 6.18 Å². The summed E-state index contributed by atoms with van der Waals surface area (Å²) in [6.45, 7) is 0. The first-order valence-corrected chi connectivity index (χ1v) is 6.87. The Morgan fingerprint density at radius 3 is 2.38 bits per heavy atom. The predicted octanol–water partition coefficient (Wildman–Crippen LogP) is 4.99. The van der Waals surface area contributed by atoms with Crippen molar-refractivity contribution in [2.24, 2.45) is 0 Å². The molecule has 0 bridgehead atoms. The van der Waals surface area contributed by atoms with Gasteiger partial charge in [-0.3, -0.25) is 0 Å². The zero-order chi connectivity index (χ0) is 15.0. The minimum Gasteiger partial charge on any atom is -0.497 e. The van der Waals surface area contributed by atoms with E-state index in [4.69, 9.17) is 4.74 Å². The summed E-state index contributed by atoms with van der Waals surface area (Å²) in [5, 5.41) is 0.874. The van der Waals surface area contributed by atoms with Crippen LogP contribution in [0.4, 0.5) is 13.2 Å². The number of hydrogen-bond acceptors (Lipinski definition) is 3. The predicted molar refractivity (Wildman–Crippen MR) is 76.6 cm³/mol. The molecule has 0 N–H and O–H groups in total. The van der Waals surface area contributed by atoms with Crippen LogP contribution in [0.2, 0.25) is 0 Å². The number of alkyl halides is 3. The second kappa shape index (κ2) is 5.04. The maximum atomic E-state index is 12.6. The average Bonchev–Trinajstić information content (AvgIpc) is 2.89. The van der Waals surface area contributed by atoms with Gasteiger partial charge in [0.1, 0.15) is 5.75 Å². The van der Waals surface area contributed by atoms with E-state index < -0.39 is 11.7 Å². The summed E-state index contributed by atoms with van der Waals surface area (Å²) in [4.78, 5) is 0. The number of fused-ring (bicyclic) bond motifs is 1. The van der Waals surface area contributed by atoms with Crippen molar-refractivity contribution in [2.45, 2.75) is 6.18 Å². The Labute approximate surface area is 123 Å². The lowest BCUT2D eigenvalue weighted by Crippen LogP contribution is -2.03. The molecule has 1 heterocycles. The van der Waals surface area contributed by atoms with Gasteiger partial charge in [-0.05, 0) is 41.9 Å². The van der Waals surface area contributed by atoms with Crippen LogP contribution < -0.4 is 4.74 Å². The Balaban J connectivity index is 2.08. The van der Waals surface area contributed by atoms with Crippen molar-refractivity contribution in [3.05, 3.63) is 48.0 Å². The van der Waals surface area contributed by atoms with E-state index in [1.54, 1.807) is 7.11 Å². The Hall–Kier alpha value is -2.08. The van der Waals surface area contributed by atoms with E-state index in [-0.39, 0.29) is 0 Å². The molecule has 2 nitrogen and oxygen atoms in total. The molecular weight excluding hydrogens is 299 g/mol. The van der Waals surface area contributed by atoms with Gasteiger partial charge in [-0.15, -0.1) is 0 Å². The maximum absolute atomic E-state index is 12.6. The van der Waals surface area contributed by atoms with Crippen LogP contribution in [0.5, 0.6) is 5.75 Å². The Bertz CT molecular complexity index is 778. The molecular formula is C15H10F3NOS. The lowest BCUT2D eigenvalue weighted by molar-refractivity contribution is -0.137. The number of rotatable bonds is 2. The molecule has 21 heavy (non-hydrogen) atoms. The van der Waals surface area contributed by atoms with Crippen molar-refractivity contribution in [3.8, 4) is 17.0 Å². The number of ether oxygens (including phenoxy) is 1. The number of nitrogens with zero attached hydrogens (tertiary/aromatic N) is 1. The van der Waals surface area contributed by atoms with Crippen LogP contribution >= 0.6 is 11.5 Å². The molecule has 0 atom stereocenters. The van der Waals surface area contributed by atoms with Crippen molar-refractivity contribution < 1.29 is 17.9 Å². The van der Waals surface area contributed by atoms with Crippen LogP contribution in [0.15, 0.2) is 42.5 Å². The first kappa shape index (κ1) is 13.9. The number of aromatic nitrogens is 1. The first-order chi connectivity index (χ1) is 9.99. The van der Waals surface area contributed by atoms with Gasteiger partial charge in [0.05, 0.1) is 23.1 Å². The van der Waals surface area contributed by atoms with Crippen LogP contribution in [-0.2, 0) is 6.18 Å². The molecule has 3 aromatic rings. The fourth-order valence-corrected chi connectivity index (χ4v) is 2.85. The second-order valence-corrected chi connectivity index (χ2v) is 5.27. The number of hydrogen-bond donors (Lipinski definition) is 0. The second-order valence-electron chi connectivity index (χ2n) is 4.47. The van der Waals surface area contributed by atoms with Crippen molar-refractivity contribution in [2.75, 3.05) is 7.11 Å². The molecule has 1 aromatic heterocycles. The quantitative estimate of drug-likeness (QED) is 0.665. The monoisotopic (exact) mass is 309 g/mol. The van der Waals surface area contributed by atoms with Gasteiger partial charge in [-0.2, -0.15) is 17.5 Å². The summed E-state index contributed by atoms with van der Waals surface area (Å²) in [5.41, 5.74) is 0.661. The first-order valence-electron chi connectivity index (χ1n) is 6.10. The van der Waals surface area contributed by atoms with E-state index in [1.165, 1.54) is 23.7 Å². The number of methoxy groups -OCH3 is 1. The van der Waals surface area contributed by atoms with E-state index in [0.29, 0.717) is 17.0 Å². The molecule has 0 unspecified atom stereocenters. The van der Waals surface area contributed by atoms with Crippen LogP contribution in [0.3, 0.4) is 0 Å². The summed E-state index contributed by atoms with van der Waals surface area (Å²) in [7, 11) is 1.57. The minimum absolute atomic E-state index is 0.655. The largest absolute Gasteiger partial charge is 0.497 e. The van der Waals surface area contributed by atoms with Gasteiger partial charge in [0.2, 0.25) is 0 Å². The van der Waals surface area contributed by atoms with Crippen molar-refractivity contribution >= 4 is 21.6 Å². The molecule has 0 saturated carbocycles. The normalized spacial score (nSPS) is 11.8. The summed E-state index contributed by atoms with van der Waals surface area (Å²) in [6, 6.07) is 10.6. The van der Waals surface area contributed by atoms with Crippen molar-refractivity contribution in [1.29, 1.82) is 0 Å². The zero-order valence-electron chi connectivity index (χ0n) is 10.9. The fraction of sp³-hybridized carbons (Fsp3) is 0.133. The molecule has 0 fully saturated rings. The van der Waals surface area contributed by atoms with Gasteiger partial charge in [0.25, 0.3) is 0 Å². The van der Waals surface area contributed by atoms with Gasteiger partial charge < -0.3 is 4.74 Å². The SMILES string of the molecule is COc1ccc2snc(-c3ccc(C(F)(F)F)cc3)c2c1. The highest BCUT2D eigenvalue weighted by molar-refractivity contribution is 7.13. The highest BCUT2D eigenvalue weighted by Gasteiger charge is 2.30. The van der Waals surface area contributed by atoms with E-state index in [9.17, 15) is 13.2 Å². The topological polar surface area (TPSA) is 22.1 Å². The Kier molecular flexibility index (Phi) is 3.33. The summed E-state index contributed by atoms with van der Waals surface area (Å²) >= 11 is 1.31. The molecule has 108 valence electrons. The Morgan fingerprint density at radius 2 is 1.76 bits per heavy atom. The van der Waals surface area contributed by atoms with E-state index in [0.717, 1.165) is 22.2 Å². The van der Waals surface area contributed by atoms with Crippen LogP contribution in [0.25, 0.3) is 21.3 Å². The molecule has 0 saturated heterocycles.